The fourth-order valence-electron chi connectivity index (χ4n) is 3.51. The van der Waals surface area contributed by atoms with Crippen molar-refractivity contribution in [3.8, 4) is 0 Å². The van der Waals surface area contributed by atoms with Crippen LogP contribution in [0, 0.1) is 29.4 Å². The van der Waals surface area contributed by atoms with Crippen LogP contribution in [0.25, 0.3) is 0 Å². The smallest absolute Gasteiger partial charge is 0.159 e. The largest absolute Gasteiger partial charge is 0.316 e. The molecule has 0 spiro atoms. The van der Waals surface area contributed by atoms with Gasteiger partial charge < -0.3 is 5.32 Å². The molecule has 1 aromatic rings. The van der Waals surface area contributed by atoms with E-state index in [-0.39, 0.29) is 0 Å². The van der Waals surface area contributed by atoms with Gasteiger partial charge in [0.2, 0.25) is 0 Å². The van der Waals surface area contributed by atoms with Gasteiger partial charge in [-0.25, -0.2) is 8.78 Å². The highest BCUT2D eigenvalue weighted by atomic mass is 19.2. The fourth-order valence-corrected chi connectivity index (χ4v) is 3.51. The lowest BCUT2D eigenvalue weighted by atomic mass is 9.72. The van der Waals surface area contributed by atoms with Gasteiger partial charge in [-0.3, -0.25) is 0 Å². The molecular formula is C18H27F2N. The third kappa shape index (κ3) is 4.77. The summed E-state index contributed by atoms with van der Waals surface area (Å²) in [6, 6.07) is 4.35. The number of benzene rings is 1. The predicted molar refractivity (Wildman–Crippen MR) is 83.2 cm³/mol. The summed E-state index contributed by atoms with van der Waals surface area (Å²) < 4.78 is 26.4. The number of nitrogens with one attached hydrogen (secondary N) is 1. The molecule has 3 atom stereocenters. The molecule has 21 heavy (non-hydrogen) atoms. The molecule has 1 nitrogen and oxygen atoms in total. The summed E-state index contributed by atoms with van der Waals surface area (Å²) >= 11 is 0. The van der Waals surface area contributed by atoms with Crippen LogP contribution in [0.4, 0.5) is 8.78 Å². The van der Waals surface area contributed by atoms with E-state index < -0.39 is 11.6 Å². The second kappa shape index (κ2) is 7.88. The van der Waals surface area contributed by atoms with E-state index in [0.717, 1.165) is 37.4 Å². The maximum Gasteiger partial charge on any atom is 0.159 e. The average molecular weight is 295 g/mol. The van der Waals surface area contributed by atoms with Crippen molar-refractivity contribution in [2.75, 3.05) is 13.1 Å². The van der Waals surface area contributed by atoms with Crippen molar-refractivity contribution < 1.29 is 8.78 Å². The van der Waals surface area contributed by atoms with Crippen LogP contribution in [0.2, 0.25) is 0 Å². The minimum atomic E-state index is -0.753. The Balaban J connectivity index is 1.99. The van der Waals surface area contributed by atoms with Crippen LogP contribution in [0.3, 0.4) is 0 Å². The highest BCUT2D eigenvalue weighted by Gasteiger charge is 2.28. The lowest BCUT2D eigenvalue weighted by molar-refractivity contribution is 0.183. The van der Waals surface area contributed by atoms with Crippen molar-refractivity contribution in [3.63, 3.8) is 0 Å². The van der Waals surface area contributed by atoms with Gasteiger partial charge in [-0.1, -0.05) is 26.3 Å². The van der Waals surface area contributed by atoms with E-state index in [9.17, 15) is 8.78 Å². The Kier molecular flexibility index (Phi) is 6.16. The van der Waals surface area contributed by atoms with E-state index >= 15 is 0 Å². The number of halogens is 2. The van der Waals surface area contributed by atoms with Gasteiger partial charge >= 0.3 is 0 Å². The van der Waals surface area contributed by atoms with Gasteiger partial charge in [0, 0.05) is 0 Å². The maximum absolute atomic E-state index is 13.4. The molecule has 0 amide bonds. The standard InChI is InChI=1S/C18H27F2N/c1-3-8-21-12-15-6-4-13(2)9-16(15)10-14-5-7-17(19)18(20)11-14/h5,7,11,13,15-16,21H,3-4,6,8-10,12H2,1-2H3. The first-order valence-electron chi connectivity index (χ1n) is 8.24. The van der Waals surface area contributed by atoms with Crippen LogP contribution in [0.15, 0.2) is 18.2 Å². The molecular weight excluding hydrogens is 268 g/mol. The molecule has 3 heteroatoms. The molecule has 118 valence electrons. The van der Waals surface area contributed by atoms with Gasteiger partial charge in [0.05, 0.1) is 0 Å². The summed E-state index contributed by atoms with van der Waals surface area (Å²) in [6.45, 7) is 6.58. The molecule has 1 aliphatic carbocycles. The molecule has 1 aliphatic rings. The highest BCUT2D eigenvalue weighted by Crippen LogP contribution is 2.35. The van der Waals surface area contributed by atoms with Crippen molar-refractivity contribution in [1.82, 2.24) is 5.32 Å². The monoisotopic (exact) mass is 295 g/mol. The third-order valence-electron chi connectivity index (χ3n) is 4.72. The van der Waals surface area contributed by atoms with E-state index in [4.69, 9.17) is 0 Å². The second-order valence-corrected chi connectivity index (χ2v) is 6.60. The zero-order chi connectivity index (χ0) is 15.2. The summed E-state index contributed by atoms with van der Waals surface area (Å²) in [4.78, 5) is 0. The minimum absolute atomic E-state index is 0.572. The molecule has 1 fully saturated rings. The van der Waals surface area contributed by atoms with Gasteiger partial charge in [0.1, 0.15) is 0 Å². The first-order valence-corrected chi connectivity index (χ1v) is 8.24. The van der Waals surface area contributed by atoms with Crippen LogP contribution in [-0.2, 0) is 6.42 Å². The molecule has 0 radical (unpaired) electrons. The van der Waals surface area contributed by atoms with Crippen LogP contribution < -0.4 is 5.32 Å². The lowest BCUT2D eigenvalue weighted by Gasteiger charge is -2.35. The Morgan fingerprint density at radius 2 is 1.95 bits per heavy atom. The van der Waals surface area contributed by atoms with Crippen LogP contribution in [0.5, 0.6) is 0 Å². The second-order valence-electron chi connectivity index (χ2n) is 6.60. The molecule has 2 rings (SSSR count). The number of rotatable bonds is 6. The van der Waals surface area contributed by atoms with Crippen LogP contribution >= 0.6 is 0 Å². The van der Waals surface area contributed by atoms with Gasteiger partial charge in [-0.05, 0) is 74.2 Å². The zero-order valence-electron chi connectivity index (χ0n) is 13.2. The Morgan fingerprint density at radius 3 is 2.67 bits per heavy atom. The van der Waals surface area contributed by atoms with Crippen molar-refractivity contribution in [1.29, 1.82) is 0 Å². The maximum atomic E-state index is 13.4. The molecule has 3 unspecified atom stereocenters. The molecule has 0 aliphatic heterocycles. The van der Waals surface area contributed by atoms with Gasteiger partial charge in [0.25, 0.3) is 0 Å². The van der Waals surface area contributed by atoms with Crippen molar-refractivity contribution in [3.05, 3.63) is 35.4 Å². The molecule has 0 aromatic heterocycles. The zero-order valence-corrected chi connectivity index (χ0v) is 13.2. The Bertz CT molecular complexity index is 447. The SMILES string of the molecule is CCCNCC1CCC(C)CC1Cc1ccc(F)c(F)c1. The fraction of sp³-hybridized carbons (Fsp3) is 0.667. The third-order valence-corrected chi connectivity index (χ3v) is 4.72. The van der Waals surface area contributed by atoms with Gasteiger partial charge in [0.15, 0.2) is 11.6 Å². The van der Waals surface area contributed by atoms with E-state index in [1.165, 1.54) is 31.4 Å². The topological polar surface area (TPSA) is 12.0 Å². The van der Waals surface area contributed by atoms with E-state index in [2.05, 4.69) is 19.2 Å². The molecule has 0 heterocycles. The number of hydrogen-bond acceptors (Lipinski definition) is 1. The molecule has 0 bridgehead atoms. The van der Waals surface area contributed by atoms with E-state index in [1.54, 1.807) is 6.07 Å². The van der Waals surface area contributed by atoms with Gasteiger partial charge in [-0.2, -0.15) is 0 Å². The highest BCUT2D eigenvalue weighted by molar-refractivity contribution is 5.18. The van der Waals surface area contributed by atoms with Crippen molar-refractivity contribution >= 4 is 0 Å². The van der Waals surface area contributed by atoms with E-state index in [0.29, 0.717) is 11.8 Å². The molecule has 1 saturated carbocycles. The Labute approximate surface area is 127 Å². The van der Waals surface area contributed by atoms with Crippen molar-refractivity contribution in [2.45, 2.75) is 46.0 Å². The average Bonchev–Trinajstić information content (AvgIpc) is 2.45. The first-order chi connectivity index (χ1) is 10.1. The Morgan fingerprint density at radius 1 is 1.14 bits per heavy atom. The Hall–Kier alpha value is -0.960. The van der Waals surface area contributed by atoms with E-state index in [1.807, 2.05) is 0 Å². The van der Waals surface area contributed by atoms with Crippen LogP contribution in [0.1, 0.15) is 45.1 Å². The molecule has 1 N–H and O–H groups in total. The summed E-state index contributed by atoms with van der Waals surface area (Å²) in [5, 5.41) is 3.52. The quantitative estimate of drug-likeness (QED) is 0.759. The first kappa shape index (κ1) is 16.4. The lowest BCUT2D eigenvalue weighted by Crippen LogP contribution is -2.34. The molecule has 1 aromatic carbocycles. The minimum Gasteiger partial charge on any atom is -0.316 e. The van der Waals surface area contributed by atoms with Crippen molar-refractivity contribution in [2.24, 2.45) is 17.8 Å². The summed E-state index contributed by atoms with van der Waals surface area (Å²) in [5.74, 6) is 0.487. The summed E-state index contributed by atoms with van der Waals surface area (Å²) in [5.41, 5.74) is 0.925. The molecule has 0 saturated heterocycles. The van der Waals surface area contributed by atoms with Gasteiger partial charge in [-0.15, -0.1) is 0 Å². The number of hydrogen-bond donors (Lipinski definition) is 1. The summed E-state index contributed by atoms with van der Waals surface area (Å²) in [7, 11) is 0. The normalized spacial score (nSPS) is 26.0. The summed E-state index contributed by atoms with van der Waals surface area (Å²) in [6.07, 6.45) is 5.73. The predicted octanol–water partition coefficient (Wildman–Crippen LogP) is 4.56. The van der Waals surface area contributed by atoms with Crippen LogP contribution in [-0.4, -0.2) is 13.1 Å².